The summed E-state index contributed by atoms with van der Waals surface area (Å²) in [6.45, 7) is 8.79. The van der Waals surface area contributed by atoms with Crippen molar-refractivity contribution >= 4 is 11.5 Å². The van der Waals surface area contributed by atoms with Gasteiger partial charge in [0.05, 0.1) is 0 Å². The van der Waals surface area contributed by atoms with Crippen molar-refractivity contribution in [3.05, 3.63) is 47.3 Å². The van der Waals surface area contributed by atoms with Crippen molar-refractivity contribution in [2.45, 2.75) is 78.7 Å². The van der Waals surface area contributed by atoms with Crippen LogP contribution in [-0.4, -0.2) is 17.1 Å². The van der Waals surface area contributed by atoms with E-state index in [1.54, 1.807) is 12.5 Å². The molecule has 0 spiro atoms. The molecule has 30 heavy (non-hydrogen) atoms. The molecule has 1 aromatic rings. The van der Waals surface area contributed by atoms with Gasteiger partial charge in [-0.1, -0.05) is 31.6 Å². The number of aryl methyl sites for hydroxylation is 1. The minimum atomic E-state index is -0.119. The molecule has 0 N–H and O–H groups in total. The smallest absolute Gasteiger partial charge is 0.302 e. The molecule has 6 unspecified atom stereocenters. The zero-order valence-corrected chi connectivity index (χ0v) is 18.9. The van der Waals surface area contributed by atoms with E-state index in [9.17, 15) is 4.79 Å². The summed E-state index contributed by atoms with van der Waals surface area (Å²) in [6.07, 6.45) is 17.3. The molecule has 3 saturated carbocycles. The van der Waals surface area contributed by atoms with Crippen molar-refractivity contribution in [3.63, 3.8) is 0 Å². The van der Waals surface area contributed by atoms with E-state index in [0.717, 1.165) is 18.8 Å². The van der Waals surface area contributed by atoms with E-state index in [4.69, 9.17) is 4.74 Å². The van der Waals surface area contributed by atoms with E-state index in [2.05, 4.69) is 50.2 Å². The fourth-order valence-electron chi connectivity index (χ4n) is 7.69. The molecular formula is C27H35NO2. The van der Waals surface area contributed by atoms with E-state index in [1.807, 2.05) is 6.20 Å². The molecule has 6 atom stereocenters. The number of nitrogens with zero attached hydrogens (tertiary/aromatic N) is 1. The van der Waals surface area contributed by atoms with Crippen molar-refractivity contribution in [1.29, 1.82) is 0 Å². The quantitative estimate of drug-likeness (QED) is 0.544. The highest BCUT2D eigenvalue weighted by atomic mass is 16.5. The normalized spacial score (nSPS) is 39.9. The second-order valence-corrected chi connectivity index (χ2v) is 10.8. The Balaban J connectivity index is 1.40. The third-order valence-corrected chi connectivity index (χ3v) is 9.32. The molecule has 0 saturated heterocycles. The molecule has 0 radical (unpaired) electrons. The SMILES string of the molecule is CC(=O)OC1CCC2(C)C(CCC3C4=CC=C(c5cnccc5C)C4(C)CCC32)C1. The second kappa shape index (κ2) is 7.07. The van der Waals surface area contributed by atoms with Crippen LogP contribution in [0.2, 0.25) is 0 Å². The number of rotatable bonds is 2. The first-order valence-corrected chi connectivity index (χ1v) is 11.8. The maximum Gasteiger partial charge on any atom is 0.302 e. The van der Waals surface area contributed by atoms with Crippen LogP contribution >= 0.6 is 0 Å². The first-order valence-electron chi connectivity index (χ1n) is 11.8. The largest absolute Gasteiger partial charge is 0.463 e. The standard InChI is InChI=1S/C27H35NO2/c1-17-11-14-28-16-22(17)24-8-7-23-21-6-5-19-15-20(30-18(2)29)9-12-26(19,3)25(21)10-13-27(23,24)4/h7-8,11,14,16,19-21,25H,5-6,9-10,12-13,15H2,1-4H3. The highest BCUT2D eigenvalue weighted by molar-refractivity contribution is 5.79. The number of ether oxygens (including phenoxy) is 1. The molecule has 4 aliphatic carbocycles. The average molecular weight is 406 g/mol. The molecule has 1 heterocycles. The molecule has 4 aliphatic rings. The van der Waals surface area contributed by atoms with E-state index in [-0.39, 0.29) is 17.5 Å². The average Bonchev–Trinajstić information content (AvgIpc) is 3.05. The highest BCUT2D eigenvalue weighted by Gasteiger charge is 2.56. The number of carbonyl (C=O) groups excluding carboxylic acids is 1. The van der Waals surface area contributed by atoms with Crippen molar-refractivity contribution in [1.82, 2.24) is 4.98 Å². The van der Waals surface area contributed by atoms with Gasteiger partial charge in [0.25, 0.3) is 0 Å². The van der Waals surface area contributed by atoms with E-state index < -0.39 is 0 Å². The number of aromatic nitrogens is 1. The van der Waals surface area contributed by atoms with Gasteiger partial charge in [-0.05, 0) is 97.8 Å². The Hall–Kier alpha value is -1.90. The molecule has 5 rings (SSSR count). The first-order chi connectivity index (χ1) is 14.3. The predicted octanol–water partition coefficient (Wildman–Crippen LogP) is 6.28. The maximum absolute atomic E-state index is 11.5. The molecule has 1 aromatic heterocycles. The van der Waals surface area contributed by atoms with Crippen molar-refractivity contribution in [3.8, 4) is 0 Å². The second-order valence-electron chi connectivity index (χ2n) is 10.8. The van der Waals surface area contributed by atoms with Gasteiger partial charge < -0.3 is 4.74 Å². The number of carbonyl (C=O) groups is 1. The minimum absolute atomic E-state index is 0.119. The monoisotopic (exact) mass is 405 g/mol. The maximum atomic E-state index is 11.5. The highest BCUT2D eigenvalue weighted by Crippen LogP contribution is 2.66. The molecule has 0 aliphatic heterocycles. The van der Waals surface area contributed by atoms with Gasteiger partial charge in [-0.3, -0.25) is 9.78 Å². The summed E-state index contributed by atoms with van der Waals surface area (Å²) in [5.74, 6) is 2.03. The molecule has 3 heteroatoms. The van der Waals surface area contributed by atoms with Gasteiger partial charge in [0.1, 0.15) is 6.10 Å². The third-order valence-electron chi connectivity index (χ3n) is 9.32. The lowest BCUT2D eigenvalue weighted by Gasteiger charge is -2.59. The molecule has 3 fully saturated rings. The number of esters is 1. The summed E-state index contributed by atoms with van der Waals surface area (Å²) in [6, 6.07) is 2.14. The summed E-state index contributed by atoms with van der Waals surface area (Å²) in [5.41, 5.74) is 6.35. The fourth-order valence-corrected chi connectivity index (χ4v) is 7.69. The summed E-state index contributed by atoms with van der Waals surface area (Å²) in [4.78, 5) is 15.9. The number of hydrogen-bond donors (Lipinski definition) is 0. The number of pyridine rings is 1. The summed E-state index contributed by atoms with van der Waals surface area (Å²) in [7, 11) is 0. The third kappa shape index (κ3) is 2.92. The molecular weight excluding hydrogens is 370 g/mol. The van der Waals surface area contributed by atoms with Crippen LogP contribution in [0.5, 0.6) is 0 Å². The van der Waals surface area contributed by atoms with E-state index >= 15 is 0 Å². The molecule has 160 valence electrons. The van der Waals surface area contributed by atoms with Gasteiger partial charge >= 0.3 is 5.97 Å². The van der Waals surface area contributed by atoms with Gasteiger partial charge in [0, 0.05) is 24.7 Å². The van der Waals surface area contributed by atoms with Crippen LogP contribution < -0.4 is 0 Å². The topological polar surface area (TPSA) is 39.2 Å². The van der Waals surface area contributed by atoms with E-state index in [1.165, 1.54) is 48.8 Å². The lowest BCUT2D eigenvalue weighted by Crippen LogP contribution is -2.51. The van der Waals surface area contributed by atoms with Gasteiger partial charge in [-0.2, -0.15) is 0 Å². The Kier molecular flexibility index (Phi) is 4.72. The van der Waals surface area contributed by atoms with Crippen molar-refractivity contribution < 1.29 is 9.53 Å². The van der Waals surface area contributed by atoms with Crippen LogP contribution in [0.15, 0.2) is 36.2 Å². The van der Waals surface area contributed by atoms with Crippen molar-refractivity contribution in [2.24, 2.45) is 28.6 Å². The molecule has 3 nitrogen and oxygen atoms in total. The number of fused-ring (bicyclic) bond motifs is 5. The van der Waals surface area contributed by atoms with Crippen LogP contribution in [0.3, 0.4) is 0 Å². The lowest BCUT2D eigenvalue weighted by molar-refractivity contribution is -0.154. The Bertz CT molecular complexity index is 931. The van der Waals surface area contributed by atoms with Gasteiger partial charge in [-0.25, -0.2) is 0 Å². The zero-order chi connectivity index (χ0) is 21.1. The van der Waals surface area contributed by atoms with Gasteiger partial charge in [0.15, 0.2) is 0 Å². The van der Waals surface area contributed by atoms with Gasteiger partial charge in [-0.15, -0.1) is 0 Å². The Morgan fingerprint density at radius 3 is 2.73 bits per heavy atom. The van der Waals surface area contributed by atoms with Crippen LogP contribution in [0, 0.1) is 35.5 Å². The van der Waals surface area contributed by atoms with Gasteiger partial charge in [0.2, 0.25) is 0 Å². The zero-order valence-electron chi connectivity index (χ0n) is 18.9. The van der Waals surface area contributed by atoms with Crippen molar-refractivity contribution in [2.75, 3.05) is 0 Å². The summed E-state index contributed by atoms with van der Waals surface area (Å²) >= 11 is 0. The molecule has 0 amide bonds. The Morgan fingerprint density at radius 1 is 1.13 bits per heavy atom. The van der Waals surface area contributed by atoms with E-state index in [0.29, 0.717) is 17.3 Å². The molecule has 0 bridgehead atoms. The van der Waals surface area contributed by atoms with Crippen LogP contribution in [0.1, 0.15) is 76.8 Å². The number of allylic oxidation sites excluding steroid dienone is 4. The number of hydrogen-bond acceptors (Lipinski definition) is 3. The van der Waals surface area contributed by atoms with Crippen LogP contribution in [0.25, 0.3) is 5.57 Å². The summed E-state index contributed by atoms with van der Waals surface area (Å²) < 4.78 is 5.62. The predicted molar refractivity (Wildman–Crippen MR) is 120 cm³/mol. The minimum Gasteiger partial charge on any atom is -0.463 e. The van der Waals surface area contributed by atoms with Crippen LogP contribution in [-0.2, 0) is 9.53 Å². The first kappa shape index (κ1) is 20.0. The fraction of sp³-hybridized carbons (Fsp3) is 0.630. The Morgan fingerprint density at radius 2 is 1.97 bits per heavy atom. The summed E-state index contributed by atoms with van der Waals surface area (Å²) in [5, 5.41) is 0. The lowest BCUT2D eigenvalue weighted by atomic mass is 9.46. The Labute approximate surface area is 181 Å². The van der Waals surface area contributed by atoms with Crippen LogP contribution in [0.4, 0.5) is 0 Å². The molecule has 0 aromatic carbocycles.